The van der Waals surface area contributed by atoms with Crippen molar-refractivity contribution in [3.05, 3.63) is 35.0 Å². The topological polar surface area (TPSA) is 23.6 Å². The SMILES string of the molecule is CN1C(=O)/C(=C2\C=CC=CN2C)SC1=S. The summed E-state index contributed by atoms with van der Waals surface area (Å²) < 4.78 is 0.610. The number of carbonyl (C=O) groups is 1. The van der Waals surface area contributed by atoms with Gasteiger partial charge < -0.3 is 4.90 Å². The lowest BCUT2D eigenvalue weighted by atomic mass is 10.2. The summed E-state index contributed by atoms with van der Waals surface area (Å²) in [5, 5.41) is 0. The van der Waals surface area contributed by atoms with E-state index >= 15 is 0 Å². The first-order chi connectivity index (χ1) is 7.11. The molecule has 1 saturated heterocycles. The molecule has 0 saturated carbocycles. The molecule has 15 heavy (non-hydrogen) atoms. The highest BCUT2D eigenvalue weighted by Gasteiger charge is 2.32. The van der Waals surface area contributed by atoms with Crippen molar-refractivity contribution < 1.29 is 4.79 Å². The van der Waals surface area contributed by atoms with E-state index in [0.717, 1.165) is 5.70 Å². The third-order valence-corrected chi connectivity index (χ3v) is 3.81. The van der Waals surface area contributed by atoms with Crippen LogP contribution in [-0.4, -0.2) is 34.1 Å². The van der Waals surface area contributed by atoms with Gasteiger partial charge in [0, 0.05) is 20.3 Å². The van der Waals surface area contributed by atoms with E-state index in [9.17, 15) is 4.79 Å². The molecule has 0 unspecified atom stereocenters. The molecule has 0 aromatic carbocycles. The molecule has 2 aliphatic rings. The molecule has 0 bridgehead atoms. The fraction of sp³-hybridized carbons (Fsp3) is 0.200. The van der Waals surface area contributed by atoms with Gasteiger partial charge in [0.05, 0.1) is 5.70 Å². The molecule has 2 aliphatic heterocycles. The summed E-state index contributed by atoms with van der Waals surface area (Å²) in [7, 11) is 3.62. The lowest BCUT2D eigenvalue weighted by molar-refractivity contribution is -0.121. The first-order valence-corrected chi connectivity index (χ1v) is 5.65. The Hall–Kier alpha value is -1.07. The number of likely N-dealkylation sites (N-methyl/N-ethyl adjacent to an activating group) is 2. The van der Waals surface area contributed by atoms with Crippen LogP contribution in [0.4, 0.5) is 0 Å². The molecule has 78 valence electrons. The van der Waals surface area contributed by atoms with Crippen LogP contribution in [-0.2, 0) is 4.79 Å². The van der Waals surface area contributed by atoms with Gasteiger partial charge in [-0.05, 0) is 12.2 Å². The average Bonchev–Trinajstić information content (AvgIpc) is 2.47. The van der Waals surface area contributed by atoms with Crippen molar-refractivity contribution >= 4 is 34.2 Å². The second-order valence-corrected chi connectivity index (χ2v) is 4.90. The van der Waals surface area contributed by atoms with Gasteiger partial charge in [-0.3, -0.25) is 9.69 Å². The third-order valence-electron chi connectivity index (χ3n) is 2.25. The monoisotopic (exact) mass is 238 g/mol. The summed E-state index contributed by atoms with van der Waals surface area (Å²) in [6.45, 7) is 0. The van der Waals surface area contributed by atoms with Crippen LogP contribution in [0, 0.1) is 0 Å². The van der Waals surface area contributed by atoms with Crippen LogP contribution < -0.4 is 0 Å². The third kappa shape index (κ3) is 1.72. The predicted octanol–water partition coefficient (Wildman–Crippen LogP) is 1.70. The minimum Gasteiger partial charge on any atom is -0.350 e. The Morgan fingerprint density at radius 3 is 2.60 bits per heavy atom. The second-order valence-electron chi connectivity index (χ2n) is 3.26. The summed E-state index contributed by atoms with van der Waals surface area (Å²) in [6.07, 6.45) is 7.67. The Morgan fingerprint density at radius 2 is 2.07 bits per heavy atom. The smallest absolute Gasteiger partial charge is 0.268 e. The first kappa shape index (κ1) is 10.4. The number of rotatable bonds is 0. The molecule has 0 aliphatic carbocycles. The molecule has 3 nitrogen and oxygen atoms in total. The van der Waals surface area contributed by atoms with E-state index in [1.165, 1.54) is 16.7 Å². The number of carbonyl (C=O) groups excluding carboxylic acids is 1. The molecule has 0 N–H and O–H groups in total. The van der Waals surface area contributed by atoms with Crippen LogP contribution in [0.25, 0.3) is 0 Å². The highest BCUT2D eigenvalue weighted by Crippen LogP contribution is 2.34. The Bertz CT molecular complexity index is 423. The highest BCUT2D eigenvalue weighted by molar-refractivity contribution is 8.26. The quantitative estimate of drug-likeness (QED) is 0.473. The molecule has 0 atom stereocenters. The molecular formula is C10H10N2OS2. The first-order valence-electron chi connectivity index (χ1n) is 4.43. The zero-order valence-electron chi connectivity index (χ0n) is 8.43. The Balaban J connectivity index is 2.42. The summed E-state index contributed by atoms with van der Waals surface area (Å²) >= 11 is 6.43. The van der Waals surface area contributed by atoms with Crippen molar-refractivity contribution in [1.29, 1.82) is 0 Å². The van der Waals surface area contributed by atoms with Gasteiger partial charge in [-0.25, -0.2) is 0 Å². The average molecular weight is 238 g/mol. The van der Waals surface area contributed by atoms with Crippen LogP contribution in [0.15, 0.2) is 35.0 Å². The summed E-state index contributed by atoms with van der Waals surface area (Å²) in [6, 6.07) is 0. The van der Waals surface area contributed by atoms with Crippen molar-refractivity contribution in [3.63, 3.8) is 0 Å². The normalized spacial score (nSPS) is 25.7. The molecule has 0 aromatic heterocycles. The lowest BCUT2D eigenvalue weighted by Gasteiger charge is -2.19. The van der Waals surface area contributed by atoms with Crippen LogP contribution in [0.3, 0.4) is 0 Å². The maximum absolute atomic E-state index is 11.8. The molecular weight excluding hydrogens is 228 g/mol. The van der Waals surface area contributed by atoms with Crippen LogP contribution in [0.5, 0.6) is 0 Å². The van der Waals surface area contributed by atoms with Gasteiger partial charge >= 0.3 is 0 Å². The fourth-order valence-corrected chi connectivity index (χ4v) is 2.62. The molecule has 2 rings (SSSR count). The standard InChI is InChI=1S/C10H10N2OS2/c1-11-6-4-3-5-7(11)8-9(13)12(2)10(14)15-8/h3-6H,1-2H3/b8-7-. The number of allylic oxidation sites excluding steroid dienone is 3. The van der Waals surface area contributed by atoms with Gasteiger partial charge in [0.25, 0.3) is 5.91 Å². The van der Waals surface area contributed by atoms with Gasteiger partial charge in [0.2, 0.25) is 0 Å². The number of thioether (sulfide) groups is 1. The molecule has 5 heteroatoms. The van der Waals surface area contributed by atoms with Gasteiger partial charge in [-0.2, -0.15) is 0 Å². The lowest BCUT2D eigenvalue weighted by Crippen LogP contribution is -2.24. The van der Waals surface area contributed by atoms with Crippen molar-refractivity contribution in [3.8, 4) is 0 Å². The fourth-order valence-electron chi connectivity index (χ4n) is 1.36. The number of thiocarbonyl (C=S) groups is 1. The molecule has 1 amide bonds. The molecule has 2 heterocycles. The van der Waals surface area contributed by atoms with E-state index < -0.39 is 0 Å². The van der Waals surface area contributed by atoms with Gasteiger partial charge in [0.15, 0.2) is 0 Å². The number of hydrogen-bond donors (Lipinski definition) is 0. The van der Waals surface area contributed by atoms with E-state index in [1.807, 2.05) is 36.4 Å². The number of amides is 1. The minimum absolute atomic E-state index is 0.0215. The summed E-state index contributed by atoms with van der Waals surface area (Å²) in [4.78, 5) is 16.0. The Labute approximate surface area is 98.1 Å². The van der Waals surface area contributed by atoms with Gasteiger partial charge in [-0.1, -0.05) is 30.1 Å². The van der Waals surface area contributed by atoms with E-state index in [1.54, 1.807) is 7.05 Å². The highest BCUT2D eigenvalue weighted by atomic mass is 32.2. The summed E-state index contributed by atoms with van der Waals surface area (Å²) in [5.41, 5.74) is 0.902. The van der Waals surface area contributed by atoms with E-state index in [2.05, 4.69) is 0 Å². The number of nitrogens with zero attached hydrogens (tertiary/aromatic N) is 2. The maximum atomic E-state index is 11.8. The van der Waals surface area contributed by atoms with Crippen molar-refractivity contribution in [1.82, 2.24) is 9.80 Å². The van der Waals surface area contributed by atoms with Crippen LogP contribution in [0.2, 0.25) is 0 Å². The molecule has 1 fully saturated rings. The Kier molecular flexibility index (Phi) is 2.67. The summed E-state index contributed by atoms with van der Waals surface area (Å²) in [5.74, 6) is -0.0215. The largest absolute Gasteiger partial charge is 0.350 e. The predicted molar refractivity (Wildman–Crippen MR) is 66.0 cm³/mol. The van der Waals surface area contributed by atoms with Crippen molar-refractivity contribution in [2.24, 2.45) is 0 Å². The zero-order chi connectivity index (χ0) is 11.0. The molecule has 0 aromatic rings. The Morgan fingerprint density at radius 1 is 1.33 bits per heavy atom. The van der Waals surface area contributed by atoms with Crippen LogP contribution >= 0.6 is 24.0 Å². The van der Waals surface area contributed by atoms with Gasteiger partial charge in [-0.15, -0.1) is 0 Å². The van der Waals surface area contributed by atoms with Gasteiger partial charge in [0.1, 0.15) is 9.23 Å². The van der Waals surface area contributed by atoms with Crippen molar-refractivity contribution in [2.45, 2.75) is 0 Å². The van der Waals surface area contributed by atoms with Crippen LogP contribution in [0.1, 0.15) is 0 Å². The van der Waals surface area contributed by atoms with Crippen molar-refractivity contribution in [2.75, 3.05) is 14.1 Å². The molecule has 0 spiro atoms. The number of hydrogen-bond acceptors (Lipinski definition) is 4. The second kappa shape index (κ2) is 3.83. The van der Waals surface area contributed by atoms with E-state index in [4.69, 9.17) is 12.2 Å². The zero-order valence-corrected chi connectivity index (χ0v) is 10.1. The van der Waals surface area contributed by atoms with E-state index in [0.29, 0.717) is 9.23 Å². The minimum atomic E-state index is -0.0215. The van der Waals surface area contributed by atoms with E-state index in [-0.39, 0.29) is 5.91 Å². The maximum Gasteiger partial charge on any atom is 0.268 e. The molecule has 0 radical (unpaired) electrons.